The van der Waals surface area contributed by atoms with Crippen LogP contribution in [0.1, 0.15) is 11.6 Å². The van der Waals surface area contributed by atoms with Crippen LogP contribution in [-0.4, -0.2) is 22.7 Å². The standard InChI is InChI=1S/C9H10N4O3/c10-12-11-9(8(6-14)13(15)16)7-4-2-1-3-5-7/h1-5,8-9,14H,6H2. The van der Waals surface area contributed by atoms with Gasteiger partial charge in [-0.1, -0.05) is 35.4 Å². The van der Waals surface area contributed by atoms with Gasteiger partial charge in [-0.15, -0.1) is 0 Å². The van der Waals surface area contributed by atoms with Gasteiger partial charge in [-0.3, -0.25) is 10.1 Å². The van der Waals surface area contributed by atoms with Crippen molar-refractivity contribution in [1.82, 2.24) is 0 Å². The second-order valence-electron chi connectivity index (χ2n) is 3.10. The van der Waals surface area contributed by atoms with Crippen molar-refractivity contribution < 1.29 is 10.0 Å². The summed E-state index contributed by atoms with van der Waals surface area (Å²) in [6, 6.07) is 6.03. The van der Waals surface area contributed by atoms with Crippen LogP contribution in [0, 0.1) is 10.1 Å². The molecule has 2 atom stereocenters. The summed E-state index contributed by atoms with van der Waals surface area (Å²) >= 11 is 0. The Morgan fingerprint density at radius 2 is 2.12 bits per heavy atom. The average Bonchev–Trinajstić information content (AvgIpc) is 2.29. The fourth-order valence-electron chi connectivity index (χ4n) is 1.35. The average molecular weight is 222 g/mol. The topological polar surface area (TPSA) is 112 Å². The van der Waals surface area contributed by atoms with Crippen molar-refractivity contribution in [2.75, 3.05) is 6.61 Å². The van der Waals surface area contributed by atoms with Crippen LogP contribution in [0.5, 0.6) is 0 Å². The fourth-order valence-corrected chi connectivity index (χ4v) is 1.35. The van der Waals surface area contributed by atoms with E-state index in [4.69, 9.17) is 10.6 Å². The van der Waals surface area contributed by atoms with Crippen LogP contribution in [0.3, 0.4) is 0 Å². The quantitative estimate of drug-likeness (QED) is 0.269. The van der Waals surface area contributed by atoms with Crippen LogP contribution >= 0.6 is 0 Å². The highest BCUT2D eigenvalue weighted by Crippen LogP contribution is 2.23. The van der Waals surface area contributed by atoms with Crippen LogP contribution in [0.15, 0.2) is 35.4 Å². The Bertz CT molecular complexity index is 402. The largest absolute Gasteiger partial charge is 0.389 e. The van der Waals surface area contributed by atoms with E-state index in [-0.39, 0.29) is 0 Å². The third-order valence-electron chi connectivity index (χ3n) is 2.14. The molecule has 2 unspecified atom stereocenters. The van der Waals surface area contributed by atoms with E-state index in [1.54, 1.807) is 30.3 Å². The first kappa shape index (κ1) is 12.0. The molecule has 0 amide bonds. The molecule has 0 aliphatic heterocycles. The van der Waals surface area contributed by atoms with Gasteiger partial charge in [0.05, 0.1) is 0 Å². The Morgan fingerprint density at radius 3 is 2.56 bits per heavy atom. The lowest BCUT2D eigenvalue weighted by atomic mass is 10.0. The molecule has 1 N–H and O–H groups in total. The molecule has 1 aromatic carbocycles. The molecule has 1 aromatic rings. The summed E-state index contributed by atoms with van der Waals surface area (Å²) < 4.78 is 0. The van der Waals surface area contributed by atoms with E-state index in [9.17, 15) is 10.1 Å². The molecule has 0 aliphatic rings. The summed E-state index contributed by atoms with van der Waals surface area (Å²) in [5.41, 5.74) is 8.89. The van der Waals surface area contributed by atoms with Crippen molar-refractivity contribution in [3.8, 4) is 0 Å². The fraction of sp³-hybridized carbons (Fsp3) is 0.333. The van der Waals surface area contributed by atoms with E-state index in [1.807, 2.05) is 0 Å². The summed E-state index contributed by atoms with van der Waals surface area (Å²) in [4.78, 5) is 12.6. The molecule has 0 fully saturated rings. The highest BCUT2D eigenvalue weighted by Gasteiger charge is 2.31. The zero-order valence-electron chi connectivity index (χ0n) is 8.30. The van der Waals surface area contributed by atoms with E-state index < -0.39 is 23.6 Å². The van der Waals surface area contributed by atoms with E-state index >= 15 is 0 Å². The van der Waals surface area contributed by atoms with Crippen molar-refractivity contribution in [3.05, 3.63) is 56.5 Å². The lowest BCUT2D eigenvalue weighted by Gasteiger charge is -2.14. The number of nitrogens with zero attached hydrogens (tertiary/aromatic N) is 4. The van der Waals surface area contributed by atoms with Gasteiger partial charge in [0, 0.05) is 9.84 Å². The highest BCUT2D eigenvalue weighted by atomic mass is 16.6. The third kappa shape index (κ3) is 2.69. The lowest BCUT2D eigenvalue weighted by molar-refractivity contribution is -0.529. The van der Waals surface area contributed by atoms with Gasteiger partial charge >= 0.3 is 0 Å². The summed E-state index contributed by atoms with van der Waals surface area (Å²) in [7, 11) is 0. The van der Waals surface area contributed by atoms with Crippen LogP contribution in [0.2, 0.25) is 0 Å². The van der Waals surface area contributed by atoms with Crippen molar-refractivity contribution >= 4 is 0 Å². The molecule has 0 saturated carbocycles. The van der Waals surface area contributed by atoms with Crippen LogP contribution < -0.4 is 0 Å². The Labute approximate surface area is 91.1 Å². The molecule has 7 nitrogen and oxygen atoms in total. The minimum Gasteiger partial charge on any atom is -0.389 e. The normalized spacial score (nSPS) is 13.6. The number of aliphatic hydroxyl groups is 1. The van der Waals surface area contributed by atoms with Crippen molar-refractivity contribution in [3.63, 3.8) is 0 Å². The number of benzene rings is 1. The molecule has 0 heterocycles. The van der Waals surface area contributed by atoms with Gasteiger partial charge in [0.2, 0.25) is 6.04 Å². The molecule has 0 aromatic heterocycles. The van der Waals surface area contributed by atoms with Crippen molar-refractivity contribution in [2.24, 2.45) is 5.11 Å². The number of hydrogen-bond donors (Lipinski definition) is 1. The molecule has 16 heavy (non-hydrogen) atoms. The minimum absolute atomic E-state index is 0.510. The Morgan fingerprint density at radius 1 is 1.50 bits per heavy atom. The molecule has 0 radical (unpaired) electrons. The maximum Gasteiger partial charge on any atom is 0.248 e. The third-order valence-corrected chi connectivity index (χ3v) is 2.14. The van der Waals surface area contributed by atoms with Crippen LogP contribution in [0.4, 0.5) is 0 Å². The molecular formula is C9H10N4O3. The van der Waals surface area contributed by atoms with Gasteiger partial charge in [0.1, 0.15) is 12.6 Å². The van der Waals surface area contributed by atoms with Crippen LogP contribution in [-0.2, 0) is 0 Å². The van der Waals surface area contributed by atoms with Crippen molar-refractivity contribution in [1.29, 1.82) is 0 Å². The summed E-state index contributed by atoms with van der Waals surface area (Å²) in [5, 5.41) is 23.0. The first-order valence-corrected chi connectivity index (χ1v) is 4.54. The van der Waals surface area contributed by atoms with E-state index in [2.05, 4.69) is 10.0 Å². The number of hydrogen-bond acceptors (Lipinski definition) is 4. The molecule has 7 heteroatoms. The summed E-state index contributed by atoms with van der Waals surface area (Å²) in [6.45, 7) is -0.675. The van der Waals surface area contributed by atoms with Gasteiger partial charge < -0.3 is 5.11 Å². The predicted molar refractivity (Wildman–Crippen MR) is 56.2 cm³/mol. The van der Waals surface area contributed by atoms with Gasteiger partial charge in [-0.25, -0.2) is 0 Å². The minimum atomic E-state index is -1.32. The molecule has 0 spiro atoms. The first-order chi connectivity index (χ1) is 7.70. The van der Waals surface area contributed by atoms with Gasteiger partial charge in [-0.2, -0.15) is 0 Å². The zero-order valence-corrected chi connectivity index (χ0v) is 8.30. The van der Waals surface area contributed by atoms with E-state index in [0.717, 1.165) is 0 Å². The van der Waals surface area contributed by atoms with Crippen LogP contribution in [0.25, 0.3) is 10.4 Å². The lowest BCUT2D eigenvalue weighted by Crippen LogP contribution is -2.30. The Hall–Kier alpha value is -2.11. The predicted octanol–water partition coefficient (Wildman–Crippen LogP) is 1.68. The number of nitro groups is 1. The maximum atomic E-state index is 10.7. The van der Waals surface area contributed by atoms with E-state index in [0.29, 0.717) is 5.56 Å². The molecule has 0 bridgehead atoms. The molecule has 1 rings (SSSR count). The Balaban J connectivity index is 3.08. The van der Waals surface area contributed by atoms with Crippen molar-refractivity contribution in [2.45, 2.75) is 12.1 Å². The van der Waals surface area contributed by atoms with Gasteiger partial charge in [0.25, 0.3) is 0 Å². The summed E-state index contributed by atoms with van der Waals surface area (Å²) in [6.07, 6.45) is 0. The second kappa shape index (κ2) is 5.69. The zero-order chi connectivity index (χ0) is 12.0. The van der Waals surface area contributed by atoms with Gasteiger partial charge in [-0.05, 0) is 11.1 Å². The smallest absolute Gasteiger partial charge is 0.248 e. The maximum absolute atomic E-state index is 10.7. The molecular weight excluding hydrogens is 212 g/mol. The SMILES string of the molecule is [N-]=[N+]=NC(c1ccccc1)C(CO)[N+](=O)[O-]. The number of azide groups is 1. The highest BCUT2D eigenvalue weighted by molar-refractivity contribution is 5.20. The van der Waals surface area contributed by atoms with Gasteiger partial charge in [0.15, 0.2) is 0 Å². The molecule has 0 saturated heterocycles. The second-order valence-corrected chi connectivity index (χ2v) is 3.10. The van der Waals surface area contributed by atoms with E-state index in [1.165, 1.54) is 0 Å². The molecule has 84 valence electrons. The Kier molecular flexibility index (Phi) is 4.26. The summed E-state index contributed by atoms with van der Waals surface area (Å²) in [5.74, 6) is 0. The monoisotopic (exact) mass is 222 g/mol. The molecule has 0 aliphatic carbocycles. The number of rotatable bonds is 5. The number of aliphatic hydroxyl groups excluding tert-OH is 1. The first-order valence-electron chi connectivity index (χ1n) is 4.54.